The van der Waals surface area contributed by atoms with Gasteiger partial charge in [-0.1, -0.05) is 68.4 Å². The van der Waals surface area contributed by atoms with Gasteiger partial charge in [-0.05, 0) is 141 Å². The van der Waals surface area contributed by atoms with Crippen LogP contribution in [0.25, 0.3) is 0 Å². The van der Waals surface area contributed by atoms with E-state index in [1.807, 2.05) is 97.1 Å². The van der Waals surface area contributed by atoms with Gasteiger partial charge in [0.1, 0.15) is 28.6 Å². The topological polar surface area (TPSA) is 117 Å². The van der Waals surface area contributed by atoms with Crippen molar-refractivity contribution in [1.82, 2.24) is 0 Å². The SMILES string of the molecule is CCN(CC)c1ccc(C(O)(c2ccc(N(CC)CC)cc2)c2cc(Oc3ccc(C(C)(C)c4ccc(Oc5ccc(C)c(S(=O)O)c5)cc4)cc3)ccc2S(C)(=O)=O)cc1. The lowest BCUT2D eigenvalue weighted by atomic mass is 9.78. The zero-order chi connectivity index (χ0) is 44.1. The summed E-state index contributed by atoms with van der Waals surface area (Å²) >= 11 is -2.11. The Bertz CT molecular complexity index is 2510. The number of rotatable bonds is 17. The molecule has 2 N–H and O–H groups in total. The fourth-order valence-electron chi connectivity index (χ4n) is 7.81. The number of nitrogens with zero attached hydrogens (tertiary/aromatic N) is 2. The molecule has 11 heteroatoms. The van der Waals surface area contributed by atoms with E-state index < -0.39 is 31.9 Å². The first kappa shape index (κ1) is 45.1. The molecule has 0 aliphatic carbocycles. The lowest BCUT2D eigenvalue weighted by Crippen LogP contribution is -2.31. The maximum absolute atomic E-state index is 13.5. The van der Waals surface area contributed by atoms with Crippen LogP contribution in [0, 0.1) is 6.92 Å². The van der Waals surface area contributed by atoms with Gasteiger partial charge >= 0.3 is 0 Å². The van der Waals surface area contributed by atoms with E-state index in [-0.39, 0.29) is 10.5 Å². The lowest BCUT2D eigenvalue weighted by Gasteiger charge is -2.33. The highest BCUT2D eigenvalue weighted by molar-refractivity contribution is 7.90. The summed E-state index contributed by atoms with van der Waals surface area (Å²) in [4.78, 5) is 4.74. The summed E-state index contributed by atoms with van der Waals surface area (Å²) in [5, 5.41) is 13.1. The minimum Gasteiger partial charge on any atom is -0.457 e. The molecule has 0 aliphatic rings. The predicted octanol–water partition coefficient (Wildman–Crippen LogP) is 10.9. The number of sulfone groups is 1. The van der Waals surface area contributed by atoms with Gasteiger partial charge in [0.05, 0.1) is 9.79 Å². The van der Waals surface area contributed by atoms with Gasteiger partial charge < -0.3 is 28.9 Å². The summed E-state index contributed by atoms with van der Waals surface area (Å²) in [6.45, 7) is 17.7. The van der Waals surface area contributed by atoms with Crippen molar-refractivity contribution in [3.63, 3.8) is 0 Å². The Kier molecular flexibility index (Phi) is 13.8. The predicted molar refractivity (Wildman–Crippen MR) is 247 cm³/mol. The summed E-state index contributed by atoms with van der Waals surface area (Å²) < 4.78 is 60.7. The molecular weight excluding hydrogens is 805 g/mol. The van der Waals surface area contributed by atoms with E-state index >= 15 is 0 Å². The first-order chi connectivity index (χ1) is 29.0. The molecule has 0 amide bonds. The number of anilines is 2. The van der Waals surface area contributed by atoms with Crippen LogP contribution in [0.2, 0.25) is 0 Å². The number of hydrogen-bond donors (Lipinski definition) is 2. The molecule has 0 bridgehead atoms. The van der Waals surface area contributed by atoms with Crippen molar-refractivity contribution in [2.75, 3.05) is 42.2 Å². The molecule has 61 heavy (non-hydrogen) atoms. The van der Waals surface area contributed by atoms with Crippen molar-refractivity contribution in [3.05, 3.63) is 167 Å². The molecular formula is C50H56N2O7S2. The molecule has 0 saturated carbocycles. The van der Waals surface area contributed by atoms with Crippen LogP contribution in [0.1, 0.15) is 74.9 Å². The molecule has 0 aliphatic heterocycles. The van der Waals surface area contributed by atoms with Crippen molar-refractivity contribution >= 4 is 32.3 Å². The second-order valence-electron chi connectivity index (χ2n) is 15.6. The Balaban J connectivity index is 1.32. The number of aryl methyl sites for hydroxylation is 1. The standard InChI is InChI=1S/C50H56N2O7S2/c1-9-51(10-2)40-22-14-38(15-23-40)50(53,39-16-24-41(25-17-39)52(11-3)12-4)46-33-44(31-32-48(46)61(8,56)57)58-42-27-18-36(19-28-42)49(6,7)37-20-29-43(30-21-37)59-45-26-13-35(5)47(34-45)60(54)55/h13-34,53H,9-12H2,1-8H3,(H,54,55). The van der Waals surface area contributed by atoms with Gasteiger partial charge in [0.25, 0.3) is 0 Å². The molecule has 9 nitrogen and oxygen atoms in total. The normalized spacial score (nSPS) is 12.5. The highest BCUT2D eigenvalue weighted by atomic mass is 32.2. The highest BCUT2D eigenvalue weighted by Crippen LogP contribution is 2.43. The Morgan fingerprint density at radius 2 is 0.951 bits per heavy atom. The maximum Gasteiger partial charge on any atom is 0.186 e. The van der Waals surface area contributed by atoms with Gasteiger partial charge in [0.15, 0.2) is 20.9 Å². The smallest absolute Gasteiger partial charge is 0.186 e. The third kappa shape index (κ3) is 9.71. The van der Waals surface area contributed by atoms with Crippen LogP contribution in [0.5, 0.6) is 23.0 Å². The fraction of sp³-hybridized carbons (Fsp3) is 0.280. The highest BCUT2D eigenvalue weighted by Gasteiger charge is 2.38. The Morgan fingerprint density at radius 3 is 1.34 bits per heavy atom. The van der Waals surface area contributed by atoms with Crippen molar-refractivity contribution < 1.29 is 31.8 Å². The first-order valence-corrected chi connectivity index (χ1v) is 23.6. The van der Waals surface area contributed by atoms with E-state index in [0.717, 1.165) is 54.9 Å². The molecule has 0 fully saturated rings. The quantitative estimate of drug-likeness (QED) is 0.0683. The largest absolute Gasteiger partial charge is 0.457 e. The van der Waals surface area contributed by atoms with Gasteiger partial charge in [-0.2, -0.15) is 0 Å². The van der Waals surface area contributed by atoms with E-state index in [0.29, 0.717) is 44.6 Å². The molecule has 1 unspecified atom stereocenters. The van der Waals surface area contributed by atoms with Crippen LogP contribution >= 0.6 is 0 Å². The molecule has 320 valence electrons. The molecule has 0 saturated heterocycles. The van der Waals surface area contributed by atoms with Gasteiger partial charge in [-0.25, -0.2) is 12.6 Å². The van der Waals surface area contributed by atoms with E-state index in [1.165, 1.54) is 6.07 Å². The molecule has 1 atom stereocenters. The summed E-state index contributed by atoms with van der Waals surface area (Å²) in [5.74, 6) is 1.98. The molecule has 0 heterocycles. The third-order valence-corrected chi connectivity index (χ3v) is 13.5. The first-order valence-electron chi connectivity index (χ1n) is 20.6. The zero-order valence-corrected chi connectivity index (χ0v) is 37.8. The molecule has 6 aromatic rings. The Labute approximate surface area is 363 Å². The summed E-state index contributed by atoms with van der Waals surface area (Å²) in [6, 6.07) is 40.7. The van der Waals surface area contributed by atoms with Crippen molar-refractivity contribution in [1.29, 1.82) is 0 Å². The van der Waals surface area contributed by atoms with Gasteiger partial charge in [0, 0.05) is 54.8 Å². The van der Waals surface area contributed by atoms with Crippen molar-refractivity contribution in [3.8, 4) is 23.0 Å². The number of hydrogen-bond acceptors (Lipinski definition) is 8. The van der Waals surface area contributed by atoms with E-state index in [2.05, 4.69) is 51.3 Å². The maximum atomic E-state index is 13.5. The molecule has 0 radical (unpaired) electrons. The van der Waals surface area contributed by atoms with E-state index in [9.17, 15) is 22.3 Å². The monoisotopic (exact) mass is 860 g/mol. The van der Waals surface area contributed by atoms with Crippen molar-refractivity contribution in [2.45, 2.75) is 69.3 Å². The summed E-state index contributed by atoms with van der Waals surface area (Å²) in [7, 11) is -3.82. The summed E-state index contributed by atoms with van der Waals surface area (Å²) in [6.07, 6.45) is 1.16. The van der Waals surface area contributed by atoms with Crippen molar-refractivity contribution in [2.24, 2.45) is 0 Å². The van der Waals surface area contributed by atoms with Crippen LogP contribution < -0.4 is 19.3 Å². The Hall–Kier alpha value is -5.46. The van der Waals surface area contributed by atoms with Crippen LogP contribution in [-0.2, 0) is 31.9 Å². The van der Waals surface area contributed by atoms with Gasteiger partial charge in [-0.15, -0.1) is 0 Å². The van der Waals surface area contributed by atoms with Gasteiger partial charge in [-0.3, -0.25) is 0 Å². The Morgan fingerprint density at radius 1 is 0.574 bits per heavy atom. The van der Waals surface area contributed by atoms with Crippen LogP contribution in [0.15, 0.2) is 143 Å². The lowest BCUT2D eigenvalue weighted by molar-refractivity contribution is 0.122. The van der Waals surface area contributed by atoms with Gasteiger partial charge in [0.2, 0.25) is 0 Å². The summed E-state index contributed by atoms with van der Waals surface area (Å²) in [5.41, 5.74) is 3.77. The average molecular weight is 861 g/mol. The molecule has 6 rings (SSSR count). The van der Waals surface area contributed by atoms with Crippen LogP contribution in [-0.4, -0.2) is 54.7 Å². The molecule has 0 aromatic heterocycles. The number of ether oxygens (including phenoxy) is 2. The van der Waals surface area contributed by atoms with Crippen LogP contribution in [0.3, 0.4) is 0 Å². The molecule has 0 spiro atoms. The third-order valence-electron chi connectivity index (χ3n) is 11.5. The molecule has 6 aromatic carbocycles. The second-order valence-corrected chi connectivity index (χ2v) is 18.6. The minimum absolute atomic E-state index is 0.00158. The van der Waals surface area contributed by atoms with Crippen LogP contribution in [0.4, 0.5) is 11.4 Å². The minimum atomic E-state index is -3.82. The van der Waals surface area contributed by atoms with E-state index in [4.69, 9.17) is 9.47 Å². The van der Waals surface area contributed by atoms with E-state index in [1.54, 1.807) is 37.3 Å². The average Bonchev–Trinajstić information content (AvgIpc) is 3.25. The zero-order valence-electron chi connectivity index (χ0n) is 36.2. The second kappa shape index (κ2) is 18.7. The number of aliphatic hydroxyl groups is 1. The fourth-order valence-corrected chi connectivity index (χ4v) is 9.29. The number of benzene rings is 6.